The summed E-state index contributed by atoms with van der Waals surface area (Å²) in [6.45, 7) is 10.5. The minimum absolute atomic E-state index is 0.0533. The molecule has 6 aromatic carbocycles. The van der Waals surface area contributed by atoms with Crippen LogP contribution in [-0.2, 0) is 33.8 Å². The average Bonchev–Trinajstić information content (AvgIpc) is 3.09. The maximum atomic E-state index is 13.3. The summed E-state index contributed by atoms with van der Waals surface area (Å²) in [5.74, 6) is 1.00. The van der Waals surface area contributed by atoms with E-state index in [2.05, 4.69) is 85.2 Å². The van der Waals surface area contributed by atoms with Crippen LogP contribution in [0.5, 0.6) is 11.5 Å². The third-order valence-corrected chi connectivity index (χ3v) is 21.1. The minimum Gasteiger partial charge on any atom is -0.478 e. The molecule has 15 rings (SSSR count). The number of rotatable bonds is 20. The Hall–Kier alpha value is -6.63. The smallest absolute Gasteiger partial charge is 0.343 e. The Morgan fingerprint density at radius 3 is 1.45 bits per heavy atom. The Labute approximate surface area is 516 Å². The number of esters is 2. The van der Waals surface area contributed by atoms with Crippen LogP contribution in [0.25, 0.3) is 0 Å². The zero-order valence-corrected chi connectivity index (χ0v) is 50.2. The summed E-state index contributed by atoms with van der Waals surface area (Å²) in [5, 5.41) is 21.0. The van der Waals surface area contributed by atoms with E-state index in [1.54, 1.807) is 12.1 Å². The van der Waals surface area contributed by atoms with Gasteiger partial charge in [-0.25, -0.2) is 14.4 Å². The van der Waals surface area contributed by atoms with E-state index in [4.69, 9.17) is 23.7 Å². The number of nitrogens with one attached hydrogen (secondary N) is 3. The standard InChI is InChI=1S/C73H82N6O9/c80-68(81)54-12-6-48(7-13-54)41-77-31-27-71(28-32-77)40-58(44-85-71)75-65-37-62(65)52-18-22-59(23-19-52)87-69(82)55-14-8-49(9-15-55)42-78-33-29-73(30-34-78)67(45-86-73)76-66-38-63(66)53-20-24-60(25-21-53)88-70(83)56-16-10-50(11-17-56)43-79-46-72(47-79)39-57(26-35-84-72)74-64-36-61(64)51-4-2-1-3-5-51/h1-25,57-58,61-67,74-76H,26-47H2,(H,80,81)/t57?,58?,61-,62-,63-,64+,65+,66+,67?/m0/s1. The van der Waals surface area contributed by atoms with Crippen LogP contribution in [0.2, 0.25) is 0 Å². The molecule has 0 aromatic heterocycles. The first-order chi connectivity index (χ1) is 42.9. The third kappa shape index (κ3) is 12.9. The fourth-order valence-electron chi connectivity index (χ4n) is 15.6. The Kier molecular flexibility index (Phi) is 16.0. The quantitative estimate of drug-likeness (QED) is 0.0422. The van der Waals surface area contributed by atoms with Crippen molar-refractivity contribution in [2.75, 3.05) is 59.1 Å². The maximum Gasteiger partial charge on any atom is 0.343 e. The van der Waals surface area contributed by atoms with Crippen molar-refractivity contribution in [1.82, 2.24) is 30.7 Å². The lowest BCUT2D eigenvalue weighted by molar-refractivity contribution is -0.201. The summed E-state index contributed by atoms with van der Waals surface area (Å²) in [4.78, 5) is 45.1. The molecule has 9 atom stereocenters. The fraction of sp³-hybridized carbons (Fsp3) is 0.466. The van der Waals surface area contributed by atoms with Gasteiger partial charge in [0.15, 0.2) is 0 Å². The maximum absolute atomic E-state index is 13.3. The number of aromatic carboxylic acids is 1. The van der Waals surface area contributed by atoms with Crippen LogP contribution in [0.4, 0.5) is 0 Å². The Morgan fingerprint density at radius 1 is 0.477 bits per heavy atom. The molecule has 6 aromatic rings. The van der Waals surface area contributed by atoms with E-state index in [-0.39, 0.29) is 28.7 Å². The largest absolute Gasteiger partial charge is 0.478 e. The Bertz CT molecular complexity index is 3440. The number of carbonyl (C=O) groups excluding carboxylic acids is 2. The average molecular weight is 1190 g/mol. The molecule has 3 unspecified atom stereocenters. The lowest BCUT2D eigenvalue weighted by atomic mass is 9.80. The van der Waals surface area contributed by atoms with Crippen molar-refractivity contribution in [2.24, 2.45) is 0 Å². The van der Waals surface area contributed by atoms with Crippen molar-refractivity contribution in [3.63, 3.8) is 0 Å². The summed E-state index contributed by atoms with van der Waals surface area (Å²) in [6, 6.07) is 52.4. The molecule has 3 saturated carbocycles. The molecular formula is C73H82N6O9. The fourth-order valence-corrected chi connectivity index (χ4v) is 15.6. The number of carboxylic acid groups (broad SMARTS) is 1. The molecule has 6 saturated heterocycles. The Balaban J connectivity index is 0.443. The summed E-state index contributed by atoms with van der Waals surface area (Å²) in [7, 11) is 0. The first-order valence-electron chi connectivity index (χ1n) is 32.5. The van der Waals surface area contributed by atoms with Crippen molar-refractivity contribution >= 4 is 17.9 Å². The third-order valence-electron chi connectivity index (χ3n) is 21.1. The molecule has 458 valence electrons. The van der Waals surface area contributed by atoms with Crippen LogP contribution in [0.3, 0.4) is 0 Å². The lowest BCUT2D eigenvalue weighted by Crippen LogP contribution is -2.68. The van der Waals surface area contributed by atoms with E-state index in [0.717, 1.165) is 142 Å². The second-order valence-corrected chi connectivity index (χ2v) is 27.3. The lowest BCUT2D eigenvalue weighted by Gasteiger charge is -2.53. The first kappa shape index (κ1) is 57.8. The summed E-state index contributed by atoms with van der Waals surface area (Å²) >= 11 is 0. The van der Waals surface area contributed by atoms with Crippen molar-refractivity contribution in [3.05, 3.63) is 202 Å². The second-order valence-electron chi connectivity index (χ2n) is 27.3. The van der Waals surface area contributed by atoms with E-state index in [1.807, 2.05) is 84.9 Å². The highest BCUT2D eigenvalue weighted by Crippen LogP contribution is 2.47. The van der Waals surface area contributed by atoms with Crippen LogP contribution in [-0.4, -0.2) is 150 Å². The molecule has 15 nitrogen and oxygen atoms in total. The molecule has 0 bridgehead atoms. The number of nitrogens with zero attached hydrogens (tertiary/aromatic N) is 3. The molecule has 0 radical (unpaired) electrons. The van der Waals surface area contributed by atoms with E-state index in [0.29, 0.717) is 82.2 Å². The molecule has 9 aliphatic rings. The molecule has 15 heteroatoms. The predicted molar refractivity (Wildman–Crippen MR) is 334 cm³/mol. The zero-order valence-electron chi connectivity index (χ0n) is 50.2. The van der Waals surface area contributed by atoms with Crippen LogP contribution >= 0.6 is 0 Å². The van der Waals surface area contributed by atoms with E-state index in [9.17, 15) is 19.5 Å². The van der Waals surface area contributed by atoms with Gasteiger partial charge in [-0.1, -0.05) is 91.0 Å². The number of hydrogen-bond donors (Lipinski definition) is 4. The van der Waals surface area contributed by atoms with Crippen LogP contribution in [0, 0.1) is 0 Å². The predicted octanol–water partition coefficient (Wildman–Crippen LogP) is 9.85. The monoisotopic (exact) mass is 1190 g/mol. The van der Waals surface area contributed by atoms with Crippen molar-refractivity contribution in [2.45, 2.75) is 155 Å². The van der Waals surface area contributed by atoms with E-state index < -0.39 is 5.97 Å². The molecule has 88 heavy (non-hydrogen) atoms. The molecule has 0 amide bonds. The SMILES string of the molecule is O=C(O)c1ccc(CN2CCC3(CC2)CC(N[C@@H]2C[C@H]2c2ccc(OC(=O)c4ccc(CN5CCC6(CC5)OCC6N[C@@H]5C[C@H]5c5ccc(OC(=O)c6ccc(CN7CC8(CC(N[C@@H]9C[C@H]9c9ccccc9)CCO8)C7)cc6)cc5)cc4)cc2)CO3)cc1. The minimum atomic E-state index is -0.895. The number of hydrogen-bond acceptors (Lipinski definition) is 14. The molecule has 3 aliphatic carbocycles. The second kappa shape index (κ2) is 24.3. The number of benzene rings is 6. The van der Waals surface area contributed by atoms with Gasteiger partial charge in [0.2, 0.25) is 0 Å². The van der Waals surface area contributed by atoms with Crippen LogP contribution < -0.4 is 25.4 Å². The number of carbonyl (C=O) groups is 3. The number of ether oxygens (including phenoxy) is 5. The van der Waals surface area contributed by atoms with Crippen molar-refractivity contribution in [1.29, 1.82) is 0 Å². The van der Waals surface area contributed by atoms with E-state index >= 15 is 0 Å². The van der Waals surface area contributed by atoms with Gasteiger partial charge in [0, 0.05) is 113 Å². The zero-order chi connectivity index (χ0) is 59.4. The van der Waals surface area contributed by atoms with Gasteiger partial charge in [0.1, 0.15) is 11.5 Å². The Morgan fingerprint density at radius 2 is 0.943 bits per heavy atom. The highest BCUT2D eigenvalue weighted by molar-refractivity contribution is 5.91. The van der Waals surface area contributed by atoms with Gasteiger partial charge in [-0.05, 0) is 158 Å². The molecule has 4 N–H and O–H groups in total. The normalized spacial score (nSPS) is 28.4. The summed E-state index contributed by atoms with van der Waals surface area (Å²) < 4.78 is 30.9. The topological polar surface area (TPSA) is 163 Å². The van der Waals surface area contributed by atoms with Gasteiger partial charge in [-0.2, -0.15) is 0 Å². The highest BCUT2D eigenvalue weighted by atomic mass is 16.5. The summed E-state index contributed by atoms with van der Waals surface area (Å²) in [6.07, 6.45) is 10.5. The van der Waals surface area contributed by atoms with E-state index in [1.165, 1.54) is 34.2 Å². The summed E-state index contributed by atoms with van der Waals surface area (Å²) in [5.41, 5.74) is 8.60. The van der Waals surface area contributed by atoms with Gasteiger partial charge in [-0.15, -0.1) is 0 Å². The van der Waals surface area contributed by atoms with Crippen LogP contribution in [0.1, 0.15) is 146 Å². The van der Waals surface area contributed by atoms with Gasteiger partial charge < -0.3 is 44.7 Å². The first-order valence-corrected chi connectivity index (χ1v) is 32.5. The number of piperidine rings is 2. The van der Waals surface area contributed by atoms with Crippen molar-refractivity contribution in [3.8, 4) is 11.5 Å². The number of carboxylic acids is 1. The molecule has 3 spiro atoms. The molecule has 6 heterocycles. The van der Waals surface area contributed by atoms with Gasteiger partial charge in [0.25, 0.3) is 0 Å². The number of likely N-dealkylation sites (tertiary alicyclic amines) is 3. The molecular weight excluding hydrogens is 1100 g/mol. The van der Waals surface area contributed by atoms with Crippen LogP contribution in [0.15, 0.2) is 152 Å². The van der Waals surface area contributed by atoms with Gasteiger partial charge in [-0.3, -0.25) is 14.7 Å². The molecule has 6 aliphatic heterocycles. The molecule has 9 fully saturated rings. The van der Waals surface area contributed by atoms with Gasteiger partial charge >= 0.3 is 17.9 Å². The van der Waals surface area contributed by atoms with Crippen molar-refractivity contribution < 1.29 is 43.2 Å². The van der Waals surface area contributed by atoms with Gasteiger partial charge in [0.05, 0.1) is 52.7 Å². The highest BCUT2D eigenvalue weighted by Gasteiger charge is 2.54.